The van der Waals surface area contributed by atoms with E-state index >= 15 is 0 Å². The summed E-state index contributed by atoms with van der Waals surface area (Å²) in [5.41, 5.74) is 0. The lowest BCUT2D eigenvalue weighted by Gasteiger charge is -2.08. The minimum atomic E-state index is 0.487. The maximum Gasteiger partial charge on any atom is 0.257 e. The molecule has 0 radical (unpaired) electrons. The zero-order valence-electron chi connectivity index (χ0n) is 8.38. The van der Waals surface area contributed by atoms with Crippen LogP contribution in [0.4, 0.5) is 0 Å². The van der Waals surface area contributed by atoms with E-state index in [0.29, 0.717) is 11.6 Å². The Morgan fingerprint density at radius 2 is 1.80 bits per heavy atom. The molecule has 0 aliphatic rings. The van der Waals surface area contributed by atoms with Crippen LogP contribution >= 0.6 is 0 Å². The topological polar surface area (TPSA) is 31.4 Å². The summed E-state index contributed by atoms with van der Waals surface area (Å²) in [6.07, 6.45) is 1.66. The molecule has 0 saturated heterocycles. The first-order chi connectivity index (χ1) is 7.40. The van der Waals surface area contributed by atoms with Crippen molar-refractivity contribution in [3.8, 4) is 17.4 Å². The molecule has 15 heavy (non-hydrogen) atoms. The molecular weight excluding hydrogens is 190 g/mol. The molecule has 0 amide bonds. The SMILES string of the molecule is COc1ncccc1Oc1ccccc1. The molecule has 1 aromatic carbocycles. The highest BCUT2D eigenvalue weighted by molar-refractivity contribution is 5.37. The second kappa shape index (κ2) is 4.46. The first kappa shape index (κ1) is 9.52. The van der Waals surface area contributed by atoms with Crippen molar-refractivity contribution in [2.24, 2.45) is 0 Å². The number of ether oxygens (including phenoxy) is 2. The summed E-state index contributed by atoms with van der Waals surface area (Å²) in [6, 6.07) is 13.2. The van der Waals surface area contributed by atoms with Gasteiger partial charge in [0.25, 0.3) is 5.88 Å². The Morgan fingerprint density at radius 1 is 1.00 bits per heavy atom. The monoisotopic (exact) mass is 201 g/mol. The average Bonchev–Trinajstić information content (AvgIpc) is 2.31. The molecule has 0 fully saturated rings. The van der Waals surface area contributed by atoms with Gasteiger partial charge >= 0.3 is 0 Å². The van der Waals surface area contributed by atoms with E-state index in [0.717, 1.165) is 5.75 Å². The van der Waals surface area contributed by atoms with Crippen molar-refractivity contribution in [2.75, 3.05) is 7.11 Å². The first-order valence-electron chi connectivity index (χ1n) is 4.62. The molecule has 2 aromatic rings. The van der Waals surface area contributed by atoms with Crippen molar-refractivity contribution in [1.29, 1.82) is 0 Å². The van der Waals surface area contributed by atoms with Crippen molar-refractivity contribution in [1.82, 2.24) is 4.98 Å². The molecule has 3 nitrogen and oxygen atoms in total. The van der Waals surface area contributed by atoms with Crippen molar-refractivity contribution in [3.63, 3.8) is 0 Å². The van der Waals surface area contributed by atoms with E-state index in [2.05, 4.69) is 4.98 Å². The number of hydrogen-bond donors (Lipinski definition) is 0. The Balaban J connectivity index is 2.24. The number of pyridine rings is 1. The third kappa shape index (κ3) is 2.26. The number of benzene rings is 1. The Hall–Kier alpha value is -2.03. The average molecular weight is 201 g/mol. The number of methoxy groups -OCH3 is 1. The summed E-state index contributed by atoms with van der Waals surface area (Å²) in [6.45, 7) is 0. The van der Waals surface area contributed by atoms with Gasteiger partial charge in [0.15, 0.2) is 5.75 Å². The predicted octanol–water partition coefficient (Wildman–Crippen LogP) is 2.88. The minimum Gasteiger partial charge on any atom is -0.478 e. The fraction of sp³-hybridized carbons (Fsp3) is 0.0833. The fourth-order valence-corrected chi connectivity index (χ4v) is 1.22. The van der Waals surface area contributed by atoms with Crippen LogP contribution in [0.25, 0.3) is 0 Å². The van der Waals surface area contributed by atoms with E-state index in [9.17, 15) is 0 Å². The molecule has 1 heterocycles. The van der Waals surface area contributed by atoms with Crippen LogP contribution in [-0.2, 0) is 0 Å². The van der Waals surface area contributed by atoms with Gasteiger partial charge in [-0.1, -0.05) is 18.2 Å². The second-order valence-corrected chi connectivity index (χ2v) is 2.93. The number of para-hydroxylation sites is 1. The molecule has 0 unspecified atom stereocenters. The van der Waals surface area contributed by atoms with E-state index in [-0.39, 0.29) is 0 Å². The second-order valence-electron chi connectivity index (χ2n) is 2.93. The number of hydrogen-bond acceptors (Lipinski definition) is 3. The van der Waals surface area contributed by atoms with E-state index in [1.807, 2.05) is 36.4 Å². The van der Waals surface area contributed by atoms with Crippen LogP contribution in [0.2, 0.25) is 0 Å². The summed E-state index contributed by atoms with van der Waals surface area (Å²) >= 11 is 0. The van der Waals surface area contributed by atoms with Gasteiger partial charge in [-0.15, -0.1) is 0 Å². The Kier molecular flexibility index (Phi) is 2.83. The summed E-state index contributed by atoms with van der Waals surface area (Å²) in [7, 11) is 1.57. The first-order valence-corrected chi connectivity index (χ1v) is 4.62. The molecule has 3 heteroatoms. The van der Waals surface area contributed by atoms with Gasteiger partial charge < -0.3 is 9.47 Å². The molecular formula is C12H11NO2. The third-order valence-electron chi connectivity index (χ3n) is 1.90. The minimum absolute atomic E-state index is 0.487. The van der Waals surface area contributed by atoms with Gasteiger partial charge in [-0.3, -0.25) is 0 Å². The lowest BCUT2D eigenvalue weighted by Crippen LogP contribution is -1.91. The summed E-state index contributed by atoms with van der Waals surface area (Å²) in [5.74, 6) is 1.87. The maximum absolute atomic E-state index is 5.61. The van der Waals surface area contributed by atoms with Crippen molar-refractivity contribution < 1.29 is 9.47 Å². The summed E-state index contributed by atoms with van der Waals surface area (Å²) in [4.78, 5) is 4.05. The highest BCUT2D eigenvalue weighted by Gasteiger charge is 2.04. The maximum atomic E-state index is 5.61. The molecule has 1 aromatic heterocycles. The third-order valence-corrected chi connectivity index (χ3v) is 1.90. The molecule has 0 atom stereocenters. The molecule has 0 N–H and O–H groups in total. The zero-order valence-corrected chi connectivity index (χ0v) is 8.38. The highest BCUT2D eigenvalue weighted by Crippen LogP contribution is 2.28. The lowest BCUT2D eigenvalue weighted by atomic mass is 10.3. The smallest absolute Gasteiger partial charge is 0.257 e. The Morgan fingerprint density at radius 3 is 2.53 bits per heavy atom. The van der Waals surface area contributed by atoms with Crippen LogP contribution in [0.1, 0.15) is 0 Å². The van der Waals surface area contributed by atoms with Crippen LogP contribution in [0, 0.1) is 0 Å². The summed E-state index contributed by atoms with van der Waals surface area (Å²) < 4.78 is 10.7. The highest BCUT2D eigenvalue weighted by atomic mass is 16.5. The Bertz CT molecular complexity index is 429. The van der Waals surface area contributed by atoms with Crippen molar-refractivity contribution in [2.45, 2.75) is 0 Å². The van der Waals surface area contributed by atoms with Gasteiger partial charge in [-0.2, -0.15) is 0 Å². The van der Waals surface area contributed by atoms with Gasteiger partial charge in [0.1, 0.15) is 5.75 Å². The normalized spacial score (nSPS) is 9.67. The van der Waals surface area contributed by atoms with Gasteiger partial charge in [-0.05, 0) is 24.3 Å². The quantitative estimate of drug-likeness (QED) is 0.765. The molecule has 76 valence electrons. The lowest BCUT2D eigenvalue weighted by molar-refractivity contribution is 0.364. The molecule has 2 rings (SSSR count). The van der Waals surface area contributed by atoms with Crippen molar-refractivity contribution in [3.05, 3.63) is 48.7 Å². The number of aromatic nitrogens is 1. The Labute approximate surface area is 88.3 Å². The van der Waals surface area contributed by atoms with E-state index < -0.39 is 0 Å². The van der Waals surface area contributed by atoms with Crippen molar-refractivity contribution >= 4 is 0 Å². The van der Waals surface area contributed by atoms with Crippen LogP contribution < -0.4 is 9.47 Å². The van der Waals surface area contributed by atoms with Gasteiger partial charge in [-0.25, -0.2) is 4.98 Å². The molecule has 0 bridgehead atoms. The molecule has 0 aliphatic heterocycles. The van der Waals surface area contributed by atoms with Gasteiger partial charge in [0.2, 0.25) is 0 Å². The molecule has 0 aliphatic carbocycles. The largest absolute Gasteiger partial charge is 0.478 e. The standard InChI is InChI=1S/C12H11NO2/c1-14-12-11(8-5-9-13-12)15-10-6-3-2-4-7-10/h2-9H,1H3. The fourth-order valence-electron chi connectivity index (χ4n) is 1.22. The van der Waals surface area contributed by atoms with Gasteiger partial charge in [0.05, 0.1) is 7.11 Å². The van der Waals surface area contributed by atoms with Gasteiger partial charge in [0, 0.05) is 6.20 Å². The van der Waals surface area contributed by atoms with E-state index in [1.54, 1.807) is 19.4 Å². The summed E-state index contributed by atoms with van der Waals surface area (Å²) in [5, 5.41) is 0. The zero-order chi connectivity index (χ0) is 10.5. The molecule has 0 spiro atoms. The van der Waals surface area contributed by atoms with Crippen LogP contribution in [0.15, 0.2) is 48.7 Å². The number of nitrogens with zero attached hydrogens (tertiary/aromatic N) is 1. The van der Waals surface area contributed by atoms with E-state index in [4.69, 9.17) is 9.47 Å². The number of rotatable bonds is 3. The molecule has 0 saturated carbocycles. The van der Waals surface area contributed by atoms with Crippen LogP contribution in [0.3, 0.4) is 0 Å². The van der Waals surface area contributed by atoms with E-state index in [1.165, 1.54) is 0 Å². The van der Waals surface area contributed by atoms with Crippen LogP contribution in [-0.4, -0.2) is 12.1 Å². The van der Waals surface area contributed by atoms with Crippen LogP contribution in [0.5, 0.6) is 17.4 Å². The predicted molar refractivity (Wildman–Crippen MR) is 57.3 cm³/mol.